The Morgan fingerprint density at radius 2 is 2.18 bits per heavy atom. The maximum absolute atomic E-state index is 12.3. The molecule has 0 aliphatic carbocycles. The van der Waals surface area contributed by atoms with Gasteiger partial charge in [-0.25, -0.2) is 0 Å². The highest BCUT2D eigenvalue weighted by Gasteiger charge is 2.18. The van der Waals surface area contributed by atoms with Crippen LogP contribution in [-0.2, 0) is 0 Å². The van der Waals surface area contributed by atoms with E-state index in [9.17, 15) is 4.79 Å². The highest BCUT2D eigenvalue weighted by Crippen LogP contribution is 2.18. The van der Waals surface area contributed by atoms with Crippen LogP contribution in [0.15, 0.2) is 22.7 Å². The van der Waals surface area contributed by atoms with E-state index >= 15 is 0 Å². The molecule has 0 N–H and O–H groups in total. The Hall–Kier alpha value is -0.480. The number of nitrogens with zero attached hydrogens (tertiary/aromatic N) is 1. The fraction of sp³-hybridized carbons (Fsp3) is 0.462. The van der Waals surface area contributed by atoms with Crippen molar-refractivity contribution in [2.75, 3.05) is 19.1 Å². The van der Waals surface area contributed by atoms with Gasteiger partial charge in [0.05, 0.1) is 0 Å². The topological polar surface area (TPSA) is 20.3 Å². The molecule has 1 rings (SSSR count). The second-order valence-electron chi connectivity index (χ2n) is 4.18. The van der Waals surface area contributed by atoms with Crippen molar-refractivity contribution in [2.24, 2.45) is 0 Å². The Morgan fingerprint density at radius 3 is 2.76 bits per heavy atom. The Kier molecular flexibility index (Phi) is 5.53. The van der Waals surface area contributed by atoms with Crippen molar-refractivity contribution in [3.63, 3.8) is 0 Å². The third kappa shape index (κ3) is 3.75. The Labute approximate surface area is 116 Å². The number of rotatable bonds is 4. The van der Waals surface area contributed by atoms with Crippen LogP contribution in [0.2, 0.25) is 0 Å². The van der Waals surface area contributed by atoms with Crippen molar-refractivity contribution in [3.8, 4) is 0 Å². The molecule has 0 aliphatic rings. The minimum absolute atomic E-state index is 0.0883. The predicted molar refractivity (Wildman–Crippen MR) is 78.8 cm³/mol. The van der Waals surface area contributed by atoms with Gasteiger partial charge in [0.2, 0.25) is 0 Å². The van der Waals surface area contributed by atoms with E-state index in [1.165, 1.54) is 0 Å². The van der Waals surface area contributed by atoms with Crippen molar-refractivity contribution in [1.82, 2.24) is 4.90 Å². The van der Waals surface area contributed by atoms with Crippen LogP contribution < -0.4 is 0 Å². The van der Waals surface area contributed by atoms with Crippen molar-refractivity contribution < 1.29 is 4.79 Å². The van der Waals surface area contributed by atoms with Gasteiger partial charge in [-0.1, -0.05) is 22.0 Å². The Balaban J connectivity index is 2.92. The highest BCUT2D eigenvalue weighted by molar-refractivity contribution is 9.10. The summed E-state index contributed by atoms with van der Waals surface area (Å²) in [6, 6.07) is 6.05. The average molecular weight is 316 g/mol. The van der Waals surface area contributed by atoms with Crippen LogP contribution in [0.5, 0.6) is 0 Å². The molecule has 0 aromatic heterocycles. The number of aryl methyl sites for hydroxylation is 1. The van der Waals surface area contributed by atoms with Gasteiger partial charge in [0.25, 0.3) is 5.91 Å². The van der Waals surface area contributed by atoms with E-state index in [0.717, 1.165) is 21.4 Å². The molecule has 1 amide bonds. The third-order valence-corrected chi connectivity index (χ3v) is 4.13. The summed E-state index contributed by atoms with van der Waals surface area (Å²) in [5, 5.41) is 0. The molecule has 4 heteroatoms. The molecule has 1 aromatic rings. The first-order valence-corrected chi connectivity index (χ1v) is 7.68. The largest absolute Gasteiger partial charge is 0.338 e. The molecule has 0 aliphatic heterocycles. The summed E-state index contributed by atoms with van der Waals surface area (Å²) in [6.07, 6.45) is 2.05. The molecular formula is C13H18BrNOS. The number of carbonyl (C=O) groups is 1. The molecule has 17 heavy (non-hydrogen) atoms. The first-order chi connectivity index (χ1) is 7.97. The Morgan fingerprint density at radius 1 is 1.53 bits per heavy atom. The number of hydrogen-bond donors (Lipinski definition) is 0. The molecule has 0 saturated carbocycles. The van der Waals surface area contributed by atoms with E-state index in [-0.39, 0.29) is 11.9 Å². The molecule has 0 radical (unpaired) electrons. The van der Waals surface area contributed by atoms with Gasteiger partial charge in [-0.2, -0.15) is 11.8 Å². The zero-order valence-corrected chi connectivity index (χ0v) is 13.1. The van der Waals surface area contributed by atoms with E-state index in [2.05, 4.69) is 29.1 Å². The van der Waals surface area contributed by atoms with Crippen LogP contribution in [0, 0.1) is 6.92 Å². The molecule has 94 valence electrons. The molecule has 0 saturated heterocycles. The van der Waals surface area contributed by atoms with Crippen LogP contribution in [0.1, 0.15) is 22.8 Å². The smallest absolute Gasteiger partial charge is 0.254 e. The van der Waals surface area contributed by atoms with Gasteiger partial charge in [0.1, 0.15) is 0 Å². The number of amides is 1. The average Bonchev–Trinajstić information content (AvgIpc) is 2.30. The number of halogens is 1. The van der Waals surface area contributed by atoms with Crippen LogP contribution >= 0.6 is 27.7 Å². The Bertz CT molecular complexity index is 408. The lowest BCUT2D eigenvalue weighted by molar-refractivity contribution is 0.0757. The van der Waals surface area contributed by atoms with E-state index in [1.807, 2.05) is 37.1 Å². The number of thioether (sulfide) groups is 1. The molecule has 0 fully saturated rings. The number of benzene rings is 1. The van der Waals surface area contributed by atoms with E-state index < -0.39 is 0 Å². The van der Waals surface area contributed by atoms with Crippen molar-refractivity contribution in [2.45, 2.75) is 19.9 Å². The van der Waals surface area contributed by atoms with Crippen molar-refractivity contribution in [1.29, 1.82) is 0 Å². The number of carbonyl (C=O) groups excluding carboxylic acids is 1. The number of hydrogen-bond acceptors (Lipinski definition) is 2. The summed E-state index contributed by atoms with van der Waals surface area (Å²) in [4.78, 5) is 14.1. The molecule has 2 nitrogen and oxygen atoms in total. The maximum Gasteiger partial charge on any atom is 0.254 e. The first kappa shape index (κ1) is 14.6. The van der Waals surface area contributed by atoms with Crippen LogP contribution in [0.25, 0.3) is 0 Å². The van der Waals surface area contributed by atoms with Gasteiger partial charge in [0, 0.05) is 28.9 Å². The third-order valence-electron chi connectivity index (χ3n) is 2.82. The minimum Gasteiger partial charge on any atom is -0.338 e. The summed E-state index contributed by atoms with van der Waals surface area (Å²) in [5.41, 5.74) is 1.79. The summed E-state index contributed by atoms with van der Waals surface area (Å²) in [6.45, 7) is 4.04. The van der Waals surface area contributed by atoms with Crippen molar-refractivity contribution in [3.05, 3.63) is 33.8 Å². The van der Waals surface area contributed by atoms with Gasteiger partial charge < -0.3 is 4.90 Å². The van der Waals surface area contributed by atoms with Crippen molar-refractivity contribution >= 4 is 33.6 Å². The summed E-state index contributed by atoms with van der Waals surface area (Å²) in [5.74, 6) is 1.04. The highest BCUT2D eigenvalue weighted by atomic mass is 79.9. The van der Waals surface area contributed by atoms with E-state index in [4.69, 9.17) is 0 Å². The fourth-order valence-electron chi connectivity index (χ4n) is 1.57. The van der Waals surface area contributed by atoms with Crippen LogP contribution in [0.4, 0.5) is 0 Å². The zero-order valence-electron chi connectivity index (χ0n) is 10.7. The fourth-order valence-corrected chi connectivity index (χ4v) is 2.63. The van der Waals surface area contributed by atoms with Gasteiger partial charge in [-0.15, -0.1) is 0 Å². The minimum atomic E-state index is 0.0883. The maximum atomic E-state index is 12.3. The van der Waals surface area contributed by atoms with E-state index in [1.54, 1.807) is 11.8 Å². The van der Waals surface area contributed by atoms with Crippen LogP contribution in [-0.4, -0.2) is 35.9 Å². The predicted octanol–water partition coefficient (Wildman–Crippen LogP) is 3.58. The normalized spacial score (nSPS) is 12.3. The van der Waals surface area contributed by atoms with Crippen LogP contribution in [0.3, 0.4) is 0 Å². The monoisotopic (exact) mass is 315 g/mol. The molecule has 0 spiro atoms. The van der Waals surface area contributed by atoms with Gasteiger partial charge in [0.15, 0.2) is 0 Å². The quantitative estimate of drug-likeness (QED) is 0.846. The lowest BCUT2D eigenvalue weighted by Gasteiger charge is -2.25. The van der Waals surface area contributed by atoms with Gasteiger partial charge in [-0.05, 0) is 37.8 Å². The summed E-state index contributed by atoms with van der Waals surface area (Å²) >= 11 is 5.16. The summed E-state index contributed by atoms with van der Waals surface area (Å²) in [7, 11) is 1.86. The molecule has 0 bridgehead atoms. The molecule has 0 heterocycles. The summed E-state index contributed by atoms with van der Waals surface area (Å²) < 4.78 is 0.942. The second kappa shape index (κ2) is 6.45. The van der Waals surface area contributed by atoms with Gasteiger partial charge >= 0.3 is 0 Å². The van der Waals surface area contributed by atoms with E-state index in [0.29, 0.717) is 0 Å². The first-order valence-electron chi connectivity index (χ1n) is 5.49. The molecule has 1 aromatic carbocycles. The van der Waals surface area contributed by atoms with Gasteiger partial charge in [-0.3, -0.25) is 4.79 Å². The standard InChI is InChI=1S/C13H18BrNOS/c1-9-5-6-11(14)7-12(9)13(16)15(3)10(2)8-17-4/h5-7,10H,8H2,1-4H3. The molecular weight excluding hydrogens is 298 g/mol. The zero-order chi connectivity index (χ0) is 13.0. The molecule has 1 atom stereocenters. The lowest BCUT2D eigenvalue weighted by Crippen LogP contribution is -2.36. The molecule has 1 unspecified atom stereocenters. The second-order valence-corrected chi connectivity index (χ2v) is 6.01. The lowest BCUT2D eigenvalue weighted by atomic mass is 10.1. The SMILES string of the molecule is CSCC(C)N(C)C(=O)c1cc(Br)ccc1C.